The van der Waals surface area contributed by atoms with Gasteiger partial charge in [0, 0.05) is 26.2 Å². The van der Waals surface area contributed by atoms with Crippen LogP contribution in [0.5, 0.6) is 0 Å². The second-order valence-corrected chi connectivity index (χ2v) is 12.9. The number of amides is 4. The Kier molecular flexibility index (Phi) is 18.4. The van der Waals surface area contributed by atoms with Crippen LogP contribution in [0.25, 0.3) is 0 Å². The lowest BCUT2D eigenvalue weighted by Crippen LogP contribution is -2.59. The Balaban J connectivity index is 2.33. The summed E-state index contributed by atoms with van der Waals surface area (Å²) >= 11 is 11.3. The molecule has 8 nitrogen and oxygen atoms in total. The second kappa shape index (κ2) is 21.4. The zero-order valence-electron chi connectivity index (χ0n) is 28.2. The second-order valence-electron chi connectivity index (χ2n) is 12.1. The monoisotopic (exact) mass is 660 g/mol. The Labute approximate surface area is 282 Å². The van der Waals surface area contributed by atoms with Gasteiger partial charge in [-0.1, -0.05) is 117 Å². The first-order valence-electron chi connectivity index (χ1n) is 17.5. The van der Waals surface area contributed by atoms with Crippen molar-refractivity contribution in [1.82, 2.24) is 19.6 Å². The molecule has 2 rings (SSSR count). The molecule has 0 aromatic rings. The summed E-state index contributed by atoms with van der Waals surface area (Å²) < 4.78 is 0. The van der Waals surface area contributed by atoms with Crippen molar-refractivity contribution >= 4 is 58.3 Å². The maximum atomic E-state index is 13.6. The number of hydrogen-bond donors (Lipinski definition) is 0. The maximum absolute atomic E-state index is 13.6. The van der Waals surface area contributed by atoms with Crippen LogP contribution in [-0.2, 0) is 19.2 Å². The third kappa shape index (κ3) is 11.4. The normalized spacial score (nSPS) is 16.8. The first-order valence-corrected chi connectivity index (χ1v) is 18.3. The Morgan fingerprint density at radius 3 is 1.20 bits per heavy atom. The van der Waals surface area contributed by atoms with Crippen molar-refractivity contribution in [2.45, 2.75) is 130 Å². The quantitative estimate of drug-likeness (QED) is 0.0398. The van der Waals surface area contributed by atoms with E-state index in [1.54, 1.807) is 9.80 Å². The zero-order chi connectivity index (χ0) is 33.2. The number of unbranched alkanes of at least 4 members (excludes halogenated alkanes) is 12. The fourth-order valence-corrected chi connectivity index (χ4v) is 6.35. The van der Waals surface area contributed by atoms with Gasteiger partial charge < -0.3 is 0 Å². The average molecular weight is 661 g/mol. The van der Waals surface area contributed by atoms with E-state index < -0.39 is 17.7 Å². The third-order valence-corrected chi connectivity index (χ3v) is 9.33. The molecule has 0 atom stereocenters. The molecule has 2 aliphatic rings. The highest BCUT2D eigenvalue weighted by atomic mass is 32.1. The van der Waals surface area contributed by atoms with Gasteiger partial charge in [-0.2, -0.15) is 0 Å². The fourth-order valence-electron chi connectivity index (χ4n) is 5.64. The van der Waals surface area contributed by atoms with Crippen molar-refractivity contribution < 1.29 is 19.2 Å². The van der Waals surface area contributed by atoms with Crippen LogP contribution in [0.4, 0.5) is 0 Å². The van der Waals surface area contributed by atoms with E-state index in [4.69, 9.17) is 24.4 Å². The third-order valence-electron chi connectivity index (χ3n) is 8.45. The molecular weight excluding hydrogens is 605 g/mol. The lowest BCUT2D eigenvalue weighted by Gasteiger charge is -2.38. The number of rotatable bonds is 22. The number of carbonyl (C=O) groups is 4. The first kappa shape index (κ1) is 38.7. The first-order chi connectivity index (χ1) is 21.7. The van der Waals surface area contributed by atoms with E-state index in [1.165, 1.54) is 28.0 Å². The van der Waals surface area contributed by atoms with Gasteiger partial charge in [0.15, 0.2) is 10.2 Å². The topological polar surface area (TPSA) is 81.2 Å². The molecule has 0 spiro atoms. The average Bonchev–Trinajstić information content (AvgIpc) is 3.02. The number of thiocarbonyl (C=S) groups is 2. The summed E-state index contributed by atoms with van der Waals surface area (Å²) in [6.45, 7) is 10.4. The Morgan fingerprint density at radius 2 is 0.844 bits per heavy atom. The van der Waals surface area contributed by atoms with Crippen LogP contribution in [0.3, 0.4) is 0 Å². The van der Waals surface area contributed by atoms with E-state index in [1.807, 2.05) is 0 Å². The highest BCUT2D eigenvalue weighted by molar-refractivity contribution is 7.80. The van der Waals surface area contributed by atoms with Gasteiger partial charge in [-0.05, 0) is 56.2 Å². The number of allylic oxidation sites excluding steroid dienone is 2. The van der Waals surface area contributed by atoms with Crippen molar-refractivity contribution in [3.05, 3.63) is 23.8 Å². The summed E-state index contributed by atoms with van der Waals surface area (Å²) in [5.41, 5.74) is 0.00454. The van der Waals surface area contributed by atoms with Gasteiger partial charge >= 0.3 is 0 Å². The molecule has 0 saturated carbocycles. The van der Waals surface area contributed by atoms with Crippen LogP contribution in [0.1, 0.15) is 130 Å². The summed E-state index contributed by atoms with van der Waals surface area (Å²) in [5, 5.41) is 0.548. The van der Waals surface area contributed by atoms with Gasteiger partial charge in [0.05, 0.1) is 0 Å². The van der Waals surface area contributed by atoms with Crippen molar-refractivity contribution in [2.24, 2.45) is 5.92 Å². The molecule has 252 valence electrons. The van der Waals surface area contributed by atoms with E-state index in [0.29, 0.717) is 26.2 Å². The van der Waals surface area contributed by atoms with Crippen molar-refractivity contribution in [1.29, 1.82) is 0 Å². The van der Waals surface area contributed by atoms with Crippen LogP contribution in [0, 0.1) is 5.92 Å². The fraction of sp³-hybridized carbons (Fsp3) is 0.714. The molecule has 0 aliphatic carbocycles. The number of hydrogen-bond acceptors (Lipinski definition) is 6. The number of carbonyl (C=O) groups excluding carboxylic acids is 4. The Morgan fingerprint density at radius 1 is 0.511 bits per heavy atom. The molecular formula is C35H56N4O4S2. The minimum absolute atomic E-state index is 0.00454. The summed E-state index contributed by atoms with van der Waals surface area (Å²) in [7, 11) is 0. The molecule has 2 aliphatic heterocycles. The molecule has 2 fully saturated rings. The molecule has 0 aromatic carbocycles. The van der Waals surface area contributed by atoms with E-state index >= 15 is 0 Å². The van der Waals surface area contributed by atoms with Crippen molar-refractivity contribution in [3.63, 3.8) is 0 Å². The molecule has 0 bridgehead atoms. The van der Waals surface area contributed by atoms with Crippen molar-refractivity contribution in [3.8, 4) is 0 Å². The Bertz CT molecular complexity index is 1020. The highest BCUT2D eigenvalue weighted by Crippen LogP contribution is 2.23. The van der Waals surface area contributed by atoms with Gasteiger partial charge in [-0.3, -0.25) is 38.8 Å². The standard InChI is InChI=1S/C35H56N4O4S2/c1-5-9-13-17-24-36-30(40)28(31(41)37(34(36)44)25-18-14-10-6-2)22-21-23-29-32(42)38(26-19-15-11-7-3)35(45)39(33(29)43)27-20-16-12-8-4/h21-23,28H,5-20,24-27H2,1-4H3/b22-21+. The molecule has 0 unspecified atom stereocenters. The maximum Gasteiger partial charge on any atom is 0.265 e. The summed E-state index contributed by atoms with van der Waals surface area (Å²) in [6.07, 6.45) is 20.2. The van der Waals surface area contributed by atoms with E-state index in [0.717, 1.165) is 103 Å². The van der Waals surface area contributed by atoms with Gasteiger partial charge in [-0.15, -0.1) is 0 Å². The largest absolute Gasteiger partial charge is 0.288 e. The van der Waals surface area contributed by atoms with Gasteiger partial charge in [-0.25, -0.2) is 0 Å². The van der Waals surface area contributed by atoms with Gasteiger partial charge in [0.25, 0.3) is 11.8 Å². The molecule has 4 amide bonds. The van der Waals surface area contributed by atoms with E-state index in [-0.39, 0.29) is 27.6 Å². The highest BCUT2D eigenvalue weighted by Gasteiger charge is 2.42. The zero-order valence-corrected chi connectivity index (χ0v) is 29.8. The molecule has 45 heavy (non-hydrogen) atoms. The van der Waals surface area contributed by atoms with Gasteiger partial charge in [0.1, 0.15) is 11.5 Å². The van der Waals surface area contributed by atoms with Crippen LogP contribution in [0.15, 0.2) is 23.8 Å². The SMILES string of the molecule is CCCCCCN1C(=O)C(=C/C=C/C2C(=O)N(CCCCCC)C(=S)N(CCCCCC)C2=O)C(=O)N(CCCCCC)C1=S. The summed E-state index contributed by atoms with van der Waals surface area (Å²) in [5.74, 6) is -2.60. The van der Waals surface area contributed by atoms with E-state index in [2.05, 4.69) is 27.7 Å². The summed E-state index contributed by atoms with van der Waals surface area (Å²) in [6, 6.07) is 0. The van der Waals surface area contributed by atoms with Crippen LogP contribution >= 0.6 is 24.4 Å². The summed E-state index contributed by atoms with van der Waals surface area (Å²) in [4.78, 5) is 60.5. The minimum atomic E-state index is -1.06. The predicted molar refractivity (Wildman–Crippen MR) is 189 cm³/mol. The van der Waals surface area contributed by atoms with E-state index in [9.17, 15) is 19.2 Å². The predicted octanol–water partition coefficient (Wildman–Crippen LogP) is 7.32. The van der Waals surface area contributed by atoms with Gasteiger partial charge in [0.2, 0.25) is 11.8 Å². The molecule has 0 radical (unpaired) electrons. The molecule has 0 N–H and O–H groups in total. The number of nitrogens with zero attached hydrogens (tertiary/aromatic N) is 4. The smallest absolute Gasteiger partial charge is 0.265 e. The Hall–Kier alpha value is -2.46. The van der Waals surface area contributed by atoms with Crippen LogP contribution in [-0.4, -0.2) is 79.6 Å². The van der Waals surface area contributed by atoms with Crippen LogP contribution < -0.4 is 0 Å². The molecule has 0 aromatic heterocycles. The molecule has 2 heterocycles. The molecule has 10 heteroatoms. The van der Waals surface area contributed by atoms with Crippen LogP contribution in [0.2, 0.25) is 0 Å². The van der Waals surface area contributed by atoms with Crippen molar-refractivity contribution in [2.75, 3.05) is 26.2 Å². The lowest BCUT2D eigenvalue weighted by molar-refractivity contribution is -0.145. The lowest BCUT2D eigenvalue weighted by atomic mass is 10.0. The molecule has 2 saturated heterocycles. The minimum Gasteiger partial charge on any atom is -0.288 e.